The first kappa shape index (κ1) is 23.5. The molecule has 1 spiro atoms. The lowest BCUT2D eigenvalue weighted by molar-refractivity contribution is 0.114. The number of fused-ring (bicyclic) bond motifs is 1. The number of nitrogens with one attached hydrogen (secondary N) is 1. The van der Waals surface area contributed by atoms with E-state index in [0.29, 0.717) is 22.8 Å². The molecule has 2 saturated heterocycles. The van der Waals surface area contributed by atoms with Gasteiger partial charge in [-0.3, -0.25) is 0 Å². The van der Waals surface area contributed by atoms with Crippen LogP contribution in [0.2, 0.25) is 0 Å². The van der Waals surface area contributed by atoms with Gasteiger partial charge in [0.05, 0.1) is 10.9 Å². The second-order valence-electron chi connectivity index (χ2n) is 10.8. The van der Waals surface area contributed by atoms with Crippen LogP contribution in [0.3, 0.4) is 0 Å². The number of rotatable bonds is 6. The van der Waals surface area contributed by atoms with Crippen LogP contribution < -0.4 is 15.0 Å². The van der Waals surface area contributed by atoms with E-state index in [0.717, 1.165) is 74.6 Å². The van der Waals surface area contributed by atoms with Gasteiger partial charge >= 0.3 is 0 Å². The number of likely N-dealkylation sites (tertiary alicyclic amines) is 1. The molecule has 3 aliphatic rings. The fraction of sp³-hybridized carbons (Fsp3) is 0.536. The lowest BCUT2D eigenvalue weighted by Crippen LogP contribution is -2.46. The Morgan fingerprint density at radius 3 is 2.83 bits per heavy atom. The van der Waals surface area contributed by atoms with Crippen molar-refractivity contribution in [2.45, 2.75) is 57.6 Å². The van der Waals surface area contributed by atoms with Crippen molar-refractivity contribution in [2.24, 2.45) is 5.41 Å². The minimum absolute atomic E-state index is 0. The first-order valence-electron chi connectivity index (χ1n) is 13.2. The van der Waals surface area contributed by atoms with E-state index >= 15 is 0 Å². The third-order valence-corrected chi connectivity index (χ3v) is 9.42. The normalized spacial score (nSPS) is 24.7. The lowest BCUT2D eigenvalue weighted by Gasteiger charge is -2.46. The zero-order valence-corrected chi connectivity index (χ0v) is 22.0. The van der Waals surface area contributed by atoms with Crippen molar-refractivity contribution in [2.75, 3.05) is 43.4 Å². The van der Waals surface area contributed by atoms with Crippen molar-refractivity contribution in [1.29, 1.82) is 5.26 Å². The molecular formula is C28H36N6OS. The summed E-state index contributed by atoms with van der Waals surface area (Å²) in [5.41, 5.74) is 2.03. The summed E-state index contributed by atoms with van der Waals surface area (Å²) in [6, 6.07) is 11.0. The molecule has 7 nitrogen and oxygen atoms in total. The van der Waals surface area contributed by atoms with Gasteiger partial charge in [-0.25, -0.2) is 9.97 Å². The van der Waals surface area contributed by atoms with E-state index in [9.17, 15) is 5.26 Å². The molecule has 0 amide bonds. The van der Waals surface area contributed by atoms with Crippen molar-refractivity contribution in [3.8, 4) is 11.8 Å². The van der Waals surface area contributed by atoms with Crippen LogP contribution in [0.25, 0.3) is 10.2 Å². The van der Waals surface area contributed by atoms with Crippen molar-refractivity contribution in [1.82, 2.24) is 14.9 Å². The number of anilines is 2. The van der Waals surface area contributed by atoms with E-state index < -0.39 is 0 Å². The van der Waals surface area contributed by atoms with Gasteiger partial charge < -0.3 is 19.9 Å². The van der Waals surface area contributed by atoms with Gasteiger partial charge in [0, 0.05) is 50.3 Å². The Morgan fingerprint density at radius 2 is 2.06 bits per heavy atom. The van der Waals surface area contributed by atoms with Gasteiger partial charge in [0.1, 0.15) is 34.9 Å². The van der Waals surface area contributed by atoms with Gasteiger partial charge in [-0.15, -0.1) is 11.3 Å². The Labute approximate surface area is 218 Å². The molecule has 3 fully saturated rings. The van der Waals surface area contributed by atoms with Crippen LogP contribution in [-0.2, 0) is 6.42 Å². The number of hydrogen-bond donors (Lipinski definition) is 1. The summed E-state index contributed by atoms with van der Waals surface area (Å²) in [5, 5.41) is 14.5. The molecule has 2 aliphatic heterocycles. The Balaban J connectivity index is 0.00000280. The molecule has 1 aromatic carbocycles. The van der Waals surface area contributed by atoms with Gasteiger partial charge in [0.15, 0.2) is 0 Å². The van der Waals surface area contributed by atoms with Gasteiger partial charge in [-0.2, -0.15) is 5.26 Å². The summed E-state index contributed by atoms with van der Waals surface area (Å²) >= 11 is 1.79. The zero-order valence-electron chi connectivity index (χ0n) is 21.2. The summed E-state index contributed by atoms with van der Waals surface area (Å²) in [5.74, 6) is 1.82. The molecule has 190 valence electrons. The average molecular weight is 505 g/mol. The molecule has 3 aromatic rings. The molecule has 36 heavy (non-hydrogen) atoms. The van der Waals surface area contributed by atoms with Crippen LogP contribution in [0, 0.1) is 16.7 Å². The topological polar surface area (TPSA) is 77.3 Å². The van der Waals surface area contributed by atoms with E-state index in [4.69, 9.17) is 4.74 Å². The highest BCUT2D eigenvalue weighted by Crippen LogP contribution is 2.50. The van der Waals surface area contributed by atoms with E-state index in [1.165, 1.54) is 16.7 Å². The number of benzene rings is 1. The monoisotopic (exact) mass is 504 g/mol. The Kier molecular flexibility index (Phi) is 6.22. The molecule has 4 heterocycles. The Morgan fingerprint density at radius 1 is 1.22 bits per heavy atom. The SMILES string of the molecule is CCc1cc2c(N3CCC4(CC(Nc5ccc(C#N)c(OC6CCN(C)CC6)c5)C4)C3)ncnc2s1.[HH]. The van der Waals surface area contributed by atoms with E-state index in [2.05, 4.69) is 51.2 Å². The lowest BCUT2D eigenvalue weighted by atomic mass is 9.65. The maximum atomic E-state index is 9.59. The Hall–Kier alpha value is -2.89. The standard InChI is InChI=1S/C28H34N6OS.H2/c1-3-23-13-24-26(30-18-31-27(24)36-23)34-11-8-28(17-34)14-21(15-28)32-20-5-4-19(16-29)25(12-20)35-22-6-9-33(2)10-7-22;/h4-5,12-13,18,21-22,32H,3,6-11,14-15,17H2,1-2H3;1H. The second kappa shape index (κ2) is 9.53. The fourth-order valence-corrected chi connectivity index (χ4v) is 7.11. The van der Waals surface area contributed by atoms with Crippen LogP contribution in [-0.4, -0.2) is 60.2 Å². The minimum atomic E-state index is 0. The first-order chi connectivity index (χ1) is 17.5. The highest BCUT2D eigenvalue weighted by atomic mass is 32.1. The van der Waals surface area contributed by atoms with Crippen molar-refractivity contribution < 1.29 is 6.16 Å². The van der Waals surface area contributed by atoms with Crippen LogP contribution in [0.15, 0.2) is 30.6 Å². The molecule has 0 atom stereocenters. The molecule has 6 rings (SSSR count). The Bertz CT molecular complexity index is 1290. The highest BCUT2D eigenvalue weighted by molar-refractivity contribution is 7.18. The zero-order chi connectivity index (χ0) is 24.7. The first-order valence-corrected chi connectivity index (χ1v) is 14.0. The predicted octanol–water partition coefficient (Wildman–Crippen LogP) is 5.32. The largest absolute Gasteiger partial charge is 0.489 e. The highest BCUT2D eigenvalue weighted by Gasteiger charge is 2.49. The van der Waals surface area contributed by atoms with Gasteiger partial charge in [0.2, 0.25) is 0 Å². The number of aryl methyl sites for hydroxylation is 1. The number of thiophene rings is 1. The number of nitriles is 1. The molecular weight excluding hydrogens is 468 g/mol. The smallest absolute Gasteiger partial charge is 0.140 e. The average Bonchev–Trinajstić information content (AvgIpc) is 3.50. The second-order valence-corrected chi connectivity index (χ2v) is 12.0. The number of nitrogens with zero attached hydrogens (tertiary/aromatic N) is 5. The van der Waals surface area contributed by atoms with Crippen LogP contribution in [0.4, 0.5) is 11.5 Å². The predicted molar refractivity (Wildman–Crippen MR) is 147 cm³/mol. The van der Waals surface area contributed by atoms with E-state index in [-0.39, 0.29) is 7.53 Å². The molecule has 0 unspecified atom stereocenters. The van der Waals surface area contributed by atoms with Crippen LogP contribution in [0.5, 0.6) is 5.75 Å². The minimum Gasteiger partial charge on any atom is -0.489 e. The van der Waals surface area contributed by atoms with E-state index in [1.54, 1.807) is 17.7 Å². The maximum absolute atomic E-state index is 9.59. The van der Waals surface area contributed by atoms with Crippen molar-refractivity contribution >= 4 is 33.1 Å². The molecule has 1 aliphatic carbocycles. The number of aromatic nitrogens is 2. The summed E-state index contributed by atoms with van der Waals surface area (Å²) in [7, 11) is 2.15. The molecule has 0 radical (unpaired) electrons. The summed E-state index contributed by atoms with van der Waals surface area (Å²) in [6.45, 7) is 6.40. The van der Waals surface area contributed by atoms with Crippen LogP contribution >= 0.6 is 11.3 Å². The number of hydrogen-bond acceptors (Lipinski definition) is 8. The van der Waals surface area contributed by atoms with Gasteiger partial charge in [-0.05, 0) is 69.2 Å². The molecule has 0 bridgehead atoms. The van der Waals surface area contributed by atoms with Crippen molar-refractivity contribution in [3.05, 3.63) is 41.0 Å². The molecule has 1 saturated carbocycles. The number of piperidine rings is 1. The third kappa shape index (κ3) is 4.51. The quantitative estimate of drug-likeness (QED) is 0.487. The van der Waals surface area contributed by atoms with Crippen LogP contribution in [0.1, 0.15) is 50.9 Å². The van der Waals surface area contributed by atoms with E-state index in [1.807, 2.05) is 18.2 Å². The summed E-state index contributed by atoms with van der Waals surface area (Å²) in [4.78, 5) is 16.5. The molecule has 1 N–H and O–H groups in total. The summed E-state index contributed by atoms with van der Waals surface area (Å²) in [6.07, 6.45) is 8.48. The number of ether oxygens (including phenoxy) is 1. The fourth-order valence-electron chi connectivity index (χ4n) is 6.18. The van der Waals surface area contributed by atoms with Gasteiger partial charge in [0.25, 0.3) is 0 Å². The van der Waals surface area contributed by atoms with Gasteiger partial charge in [-0.1, -0.05) is 6.92 Å². The third-order valence-electron chi connectivity index (χ3n) is 8.24. The summed E-state index contributed by atoms with van der Waals surface area (Å²) < 4.78 is 6.29. The maximum Gasteiger partial charge on any atom is 0.140 e. The molecule has 2 aromatic heterocycles. The molecule has 8 heteroatoms. The van der Waals surface area contributed by atoms with Crippen molar-refractivity contribution in [3.63, 3.8) is 0 Å².